The maximum absolute atomic E-state index is 4.53. The van der Waals surface area contributed by atoms with Crippen molar-refractivity contribution in [2.45, 2.75) is 39.8 Å². The van der Waals surface area contributed by atoms with E-state index < -0.39 is 0 Å². The van der Waals surface area contributed by atoms with Crippen LogP contribution in [-0.4, -0.2) is 43.0 Å². The Morgan fingerprint density at radius 2 is 1.96 bits per heavy atom. The van der Waals surface area contributed by atoms with Gasteiger partial charge in [-0.05, 0) is 43.4 Å². The number of hydrogen-bond donors (Lipinski definition) is 1. The maximum Gasteiger partial charge on any atom is 0.194 e. The smallest absolute Gasteiger partial charge is 0.194 e. The third-order valence-corrected chi connectivity index (χ3v) is 6.00. The first-order valence-electron chi connectivity index (χ1n) is 9.72. The number of piperidine rings is 1. The van der Waals surface area contributed by atoms with E-state index in [0.29, 0.717) is 0 Å². The second-order valence-corrected chi connectivity index (χ2v) is 8.51. The fourth-order valence-electron chi connectivity index (χ4n) is 3.46. The van der Waals surface area contributed by atoms with Gasteiger partial charge < -0.3 is 15.1 Å². The molecule has 2 heterocycles. The minimum absolute atomic E-state index is 0. The quantitative estimate of drug-likeness (QED) is 0.363. The van der Waals surface area contributed by atoms with E-state index >= 15 is 0 Å². The van der Waals surface area contributed by atoms with Crippen molar-refractivity contribution in [2.75, 3.05) is 32.1 Å². The molecule has 0 unspecified atom stereocenters. The molecule has 1 aromatic carbocycles. The minimum atomic E-state index is 0. The predicted molar refractivity (Wildman–Crippen MR) is 131 cm³/mol. The van der Waals surface area contributed by atoms with Crippen LogP contribution in [0.15, 0.2) is 34.6 Å². The SMILES string of the molecule is CN=C(NCc1ccc(N2CCC(C)CC2)cc1)N(C)Cc1csc(C)n1.I. The number of aryl methyl sites for hydroxylation is 1. The van der Waals surface area contributed by atoms with Crippen molar-refractivity contribution < 1.29 is 0 Å². The highest BCUT2D eigenvalue weighted by molar-refractivity contribution is 14.0. The molecular formula is C21H32IN5S. The van der Waals surface area contributed by atoms with Gasteiger partial charge in [0.05, 0.1) is 17.2 Å². The summed E-state index contributed by atoms with van der Waals surface area (Å²) in [7, 11) is 3.87. The van der Waals surface area contributed by atoms with Gasteiger partial charge in [-0.3, -0.25) is 4.99 Å². The summed E-state index contributed by atoms with van der Waals surface area (Å²) in [5.41, 5.74) is 3.69. The number of aromatic nitrogens is 1. The summed E-state index contributed by atoms with van der Waals surface area (Å²) in [6, 6.07) is 8.93. The molecule has 1 aliphatic heterocycles. The second-order valence-electron chi connectivity index (χ2n) is 7.45. The molecular weight excluding hydrogens is 481 g/mol. The monoisotopic (exact) mass is 513 g/mol. The van der Waals surface area contributed by atoms with Gasteiger partial charge in [-0.1, -0.05) is 19.1 Å². The van der Waals surface area contributed by atoms with E-state index in [4.69, 9.17) is 0 Å². The lowest BCUT2D eigenvalue weighted by atomic mass is 9.99. The van der Waals surface area contributed by atoms with Crippen molar-refractivity contribution in [2.24, 2.45) is 10.9 Å². The zero-order valence-electron chi connectivity index (χ0n) is 17.3. The molecule has 0 atom stereocenters. The Morgan fingerprint density at radius 3 is 2.54 bits per heavy atom. The maximum atomic E-state index is 4.53. The molecule has 7 heteroatoms. The van der Waals surface area contributed by atoms with Gasteiger partial charge in [0.25, 0.3) is 0 Å². The number of aliphatic imine (C=N–C) groups is 1. The fraction of sp³-hybridized carbons (Fsp3) is 0.524. The van der Waals surface area contributed by atoms with Gasteiger partial charge in [0.1, 0.15) is 0 Å². The Labute approximate surface area is 190 Å². The molecule has 0 saturated carbocycles. The summed E-state index contributed by atoms with van der Waals surface area (Å²) < 4.78 is 0. The van der Waals surface area contributed by atoms with E-state index in [1.807, 2.05) is 21.0 Å². The molecule has 5 nitrogen and oxygen atoms in total. The molecule has 1 saturated heterocycles. The number of thiazole rings is 1. The molecule has 1 N–H and O–H groups in total. The summed E-state index contributed by atoms with van der Waals surface area (Å²) in [5.74, 6) is 1.75. The van der Waals surface area contributed by atoms with Gasteiger partial charge in [-0.2, -0.15) is 0 Å². The van der Waals surface area contributed by atoms with Crippen LogP contribution >= 0.6 is 35.3 Å². The Morgan fingerprint density at radius 1 is 1.29 bits per heavy atom. The first-order valence-corrected chi connectivity index (χ1v) is 10.6. The normalized spacial score (nSPS) is 15.3. The predicted octanol–water partition coefficient (Wildman–Crippen LogP) is 4.51. The molecule has 0 bridgehead atoms. The third kappa shape index (κ3) is 6.34. The third-order valence-electron chi connectivity index (χ3n) is 5.17. The van der Waals surface area contributed by atoms with Crippen molar-refractivity contribution in [3.05, 3.63) is 45.9 Å². The number of nitrogens with zero attached hydrogens (tertiary/aromatic N) is 4. The van der Waals surface area contributed by atoms with Gasteiger partial charge in [0.2, 0.25) is 0 Å². The topological polar surface area (TPSA) is 43.8 Å². The summed E-state index contributed by atoms with van der Waals surface area (Å²) in [4.78, 5) is 13.5. The van der Waals surface area contributed by atoms with Crippen molar-refractivity contribution >= 4 is 47.0 Å². The van der Waals surface area contributed by atoms with Crippen molar-refractivity contribution in [1.82, 2.24) is 15.2 Å². The highest BCUT2D eigenvalue weighted by Crippen LogP contribution is 2.23. The Balaban J connectivity index is 0.00000280. The van der Waals surface area contributed by atoms with E-state index in [2.05, 4.69) is 61.7 Å². The zero-order chi connectivity index (χ0) is 19.2. The number of benzene rings is 1. The van der Waals surface area contributed by atoms with E-state index in [1.165, 1.54) is 37.2 Å². The van der Waals surface area contributed by atoms with Gasteiger partial charge >= 0.3 is 0 Å². The lowest BCUT2D eigenvalue weighted by Gasteiger charge is -2.32. The van der Waals surface area contributed by atoms with Gasteiger partial charge in [-0.25, -0.2) is 4.98 Å². The van der Waals surface area contributed by atoms with Crippen molar-refractivity contribution in [1.29, 1.82) is 0 Å². The molecule has 1 aromatic heterocycles. The molecule has 0 aliphatic carbocycles. The number of rotatable bonds is 5. The highest BCUT2D eigenvalue weighted by atomic mass is 127. The summed E-state index contributed by atoms with van der Waals surface area (Å²) in [6.45, 7) is 8.26. The summed E-state index contributed by atoms with van der Waals surface area (Å²) in [5, 5.41) is 6.67. The van der Waals surface area contributed by atoms with Crippen LogP contribution in [-0.2, 0) is 13.1 Å². The van der Waals surface area contributed by atoms with E-state index in [0.717, 1.165) is 35.7 Å². The molecule has 1 fully saturated rings. The minimum Gasteiger partial charge on any atom is -0.372 e. The molecule has 3 rings (SSSR count). The van der Waals surface area contributed by atoms with Crippen LogP contribution in [0.25, 0.3) is 0 Å². The number of guanidine groups is 1. The molecule has 154 valence electrons. The van der Waals surface area contributed by atoms with E-state index in [9.17, 15) is 0 Å². The molecule has 0 spiro atoms. The van der Waals surface area contributed by atoms with Crippen LogP contribution in [0.4, 0.5) is 5.69 Å². The fourth-order valence-corrected chi connectivity index (χ4v) is 4.06. The Kier molecular flexibility index (Phi) is 9.01. The largest absolute Gasteiger partial charge is 0.372 e. The summed E-state index contributed by atoms with van der Waals surface area (Å²) in [6.07, 6.45) is 2.59. The van der Waals surface area contributed by atoms with Crippen molar-refractivity contribution in [3.63, 3.8) is 0 Å². The Hall–Kier alpha value is -1.35. The van der Waals surface area contributed by atoms with Crippen LogP contribution in [0, 0.1) is 12.8 Å². The van der Waals surface area contributed by atoms with Crippen LogP contribution < -0.4 is 10.2 Å². The molecule has 1 aliphatic rings. The van der Waals surface area contributed by atoms with Crippen LogP contribution in [0.3, 0.4) is 0 Å². The number of halogens is 1. The van der Waals surface area contributed by atoms with Gasteiger partial charge in [-0.15, -0.1) is 35.3 Å². The van der Waals surface area contributed by atoms with Crippen molar-refractivity contribution in [3.8, 4) is 0 Å². The average molecular weight is 513 g/mol. The van der Waals surface area contributed by atoms with Crippen LogP contribution in [0.1, 0.15) is 36.0 Å². The first kappa shape index (κ1) is 22.9. The highest BCUT2D eigenvalue weighted by Gasteiger charge is 2.16. The van der Waals surface area contributed by atoms with Gasteiger partial charge in [0, 0.05) is 44.8 Å². The van der Waals surface area contributed by atoms with Crippen LogP contribution in [0.5, 0.6) is 0 Å². The number of nitrogens with one attached hydrogen (secondary N) is 1. The van der Waals surface area contributed by atoms with E-state index in [1.54, 1.807) is 11.3 Å². The standard InChI is InChI=1S/C21H31N5S.HI/c1-16-9-11-26(12-10-16)20-7-5-18(6-8-20)13-23-21(22-3)25(4)14-19-15-27-17(2)24-19;/h5-8,15-16H,9-14H2,1-4H3,(H,22,23);1H. The Bertz CT molecular complexity index is 750. The van der Waals surface area contributed by atoms with E-state index in [-0.39, 0.29) is 24.0 Å². The molecule has 28 heavy (non-hydrogen) atoms. The first-order chi connectivity index (χ1) is 13.0. The zero-order valence-corrected chi connectivity index (χ0v) is 20.5. The number of hydrogen-bond acceptors (Lipinski definition) is 4. The molecule has 0 radical (unpaired) electrons. The lowest BCUT2D eigenvalue weighted by molar-refractivity contribution is 0.438. The summed E-state index contributed by atoms with van der Waals surface area (Å²) >= 11 is 1.69. The second kappa shape index (κ2) is 11.0. The average Bonchev–Trinajstić information content (AvgIpc) is 3.08. The van der Waals surface area contributed by atoms with Crippen LogP contribution in [0.2, 0.25) is 0 Å². The number of anilines is 1. The molecule has 2 aromatic rings. The molecule has 0 amide bonds. The lowest BCUT2D eigenvalue weighted by Crippen LogP contribution is -2.38. The van der Waals surface area contributed by atoms with Gasteiger partial charge in [0.15, 0.2) is 5.96 Å².